The third-order valence-corrected chi connectivity index (χ3v) is 2.35. The first-order valence-electron chi connectivity index (χ1n) is 4.69. The second-order valence-corrected chi connectivity index (χ2v) is 3.29. The van der Waals surface area contributed by atoms with Gasteiger partial charge in [0.1, 0.15) is 11.9 Å². The molecule has 2 rings (SSSR count). The lowest BCUT2D eigenvalue weighted by atomic mass is 10.1. The van der Waals surface area contributed by atoms with Crippen molar-refractivity contribution in [2.24, 2.45) is 0 Å². The molecule has 5 heteroatoms. The second-order valence-electron chi connectivity index (χ2n) is 3.29. The molecule has 0 bridgehead atoms. The van der Waals surface area contributed by atoms with E-state index in [0.717, 1.165) is 5.56 Å². The van der Waals surface area contributed by atoms with Gasteiger partial charge in [-0.3, -0.25) is 5.32 Å². The minimum Gasteiger partial charge on any atom is -0.320 e. The maximum atomic E-state index is 11.5. The highest BCUT2D eigenvalue weighted by atomic mass is 16.2. The van der Waals surface area contributed by atoms with Crippen molar-refractivity contribution in [1.82, 2.24) is 9.88 Å². The van der Waals surface area contributed by atoms with E-state index in [1.165, 1.54) is 6.20 Å². The van der Waals surface area contributed by atoms with Crippen LogP contribution >= 0.6 is 0 Å². The minimum atomic E-state index is -0.137. The molecule has 0 atom stereocenters. The fourth-order valence-corrected chi connectivity index (χ4v) is 1.52. The fourth-order valence-electron chi connectivity index (χ4n) is 1.52. The first-order chi connectivity index (χ1) is 7.24. The van der Waals surface area contributed by atoms with Crippen LogP contribution in [0.5, 0.6) is 0 Å². The number of anilines is 1. The van der Waals surface area contributed by atoms with Gasteiger partial charge >= 0.3 is 6.03 Å². The predicted octanol–water partition coefficient (Wildman–Crippen LogP) is 1.32. The number of aromatic nitrogens is 1. The van der Waals surface area contributed by atoms with E-state index < -0.39 is 0 Å². The molecule has 1 N–H and O–H groups in total. The largest absolute Gasteiger partial charge is 0.323 e. The van der Waals surface area contributed by atoms with Crippen LogP contribution in [-0.4, -0.2) is 22.5 Å². The predicted molar refractivity (Wildman–Crippen MR) is 54.1 cm³/mol. The molecule has 1 aromatic heterocycles. The molecule has 1 aliphatic rings. The first-order valence-corrected chi connectivity index (χ1v) is 4.69. The Balaban J connectivity index is 2.38. The van der Waals surface area contributed by atoms with E-state index in [-0.39, 0.29) is 6.03 Å². The number of fused-ring (bicyclic) bond motifs is 1. The van der Waals surface area contributed by atoms with Crippen molar-refractivity contribution in [2.75, 3.05) is 11.9 Å². The van der Waals surface area contributed by atoms with Gasteiger partial charge in [-0.1, -0.05) is 0 Å². The van der Waals surface area contributed by atoms with Crippen molar-refractivity contribution in [2.45, 2.75) is 13.5 Å². The molecule has 1 aromatic rings. The Kier molecular flexibility index (Phi) is 2.26. The molecule has 0 saturated carbocycles. The lowest BCUT2D eigenvalue weighted by Crippen LogP contribution is -2.38. The monoisotopic (exact) mass is 202 g/mol. The van der Waals surface area contributed by atoms with Crippen LogP contribution in [0.2, 0.25) is 0 Å². The number of hydrogen-bond acceptors (Lipinski definition) is 3. The molecule has 76 valence electrons. The normalized spacial score (nSPS) is 14.1. The summed E-state index contributed by atoms with van der Waals surface area (Å²) >= 11 is 0. The van der Waals surface area contributed by atoms with Gasteiger partial charge in [0, 0.05) is 18.3 Å². The van der Waals surface area contributed by atoms with Gasteiger partial charge in [0.05, 0.1) is 12.1 Å². The molecular weight excluding hydrogens is 192 g/mol. The number of urea groups is 1. The molecule has 0 spiro atoms. The highest BCUT2D eigenvalue weighted by Gasteiger charge is 2.21. The Hall–Kier alpha value is -2.09. The van der Waals surface area contributed by atoms with Crippen molar-refractivity contribution in [3.63, 3.8) is 0 Å². The molecule has 2 amide bonds. The standard InChI is InChI=1S/C10H10N4O/c1-2-14-6-8-3-7(4-11)5-12-9(8)13-10(14)15/h3,5H,2,6H2,1H3,(H,12,13,15). The van der Waals surface area contributed by atoms with Crippen LogP contribution in [0.25, 0.3) is 0 Å². The van der Waals surface area contributed by atoms with Crippen LogP contribution in [-0.2, 0) is 6.54 Å². The van der Waals surface area contributed by atoms with Crippen LogP contribution < -0.4 is 5.32 Å². The van der Waals surface area contributed by atoms with E-state index in [9.17, 15) is 4.79 Å². The highest BCUT2D eigenvalue weighted by molar-refractivity contribution is 5.91. The number of rotatable bonds is 1. The molecule has 2 heterocycles. The fraction of sp³-hybridized carbons (Fsp3) is 0.300. The van der Waals surface area contributed by atoms with Crippen molar-refractivity contribution >= 4 is 11.8 Å². The van der Waals surface area contributed by atoms with Gasteiger partial charge in [-0.25, -0.2) is 9.78 Å². The van der Waals surface area contributed by atoms with Crippen molar-refractivity contribution in [3.05, 3.63) is 23.4 Å². The lowest BCUT2D eigenvalue weighted by molar-refractivity contribution is 0.209. The van der Waals surface area contributed by atoms with Crippen LogP contribution in [0.1, 0.15) is 18.1 Å². The zero-order chi connectivity index (χ0) is 10.8. The first kappa shape index (κ1) is 9.46. The lowest BCUT2D eigenvalue weighted by Gasteiger charge is -2.27. The van der Waals surface area contributed by atoms with E-state index in [1.807, 2.05) is 13.0 Å². The summed E-state index contributed by atoms with van der Waals surface area (Å²) in [6.45, 7) is 3.06. The quantitative estimate of drug-likeness (QED) is 0.746. The van der Waals surface area contributed by atoms with E-state index in [1.54, 1.807) is 11.0 Å². The van der Waals surface area contributed by atoms with Crippen molar-refractivity contribution < 1.29 is 4.79 Å². The third-order valence-electron chi connectivity index (χ3n) is 2.35. The maximum absolute atomic E-state index is 11.5. The summed E-state index contributed by atoms with van der Waals surface area (Å²) in [7, 11) is 0. The summed E-state index contributed by atoms with van der Waals surface area (Å²) in [5.74, 6) is 0.559. The van der Waals surface area contributed by atoms with Crippen LogP contribution in [0.15, 0.2) is 12.3 Å². The molecule has 0 aliphatic carbocycles. The summed E-state index contributed by atoms with van der Waals surface area (Å²) in [5.41, 5.74) is 1.40. The SMILES string of the molecule is CCN1Cc2cc(C#N)cnc2NC1=O. The Labute approximate surface area is 87.3 Å². The zero-order valence-electron chi connectivity index (χ0n) is 8.32. The average molecular weight is 202 g/mol. The van der Waals surface area contributed by atoms with Gasteiger partial charge in [0.15, 0.2) is 0 Å². The number of carbonyl (C=O) groups is 1. The summed E-state index contributed by atoms with van der Waals surface area (Å²) < 4.78 is 0. The number of nitriles is 1. The zero-order valence-corrected chi connectivity index (χ0v) is 8.32. The molecule has 0 unspecified atom stereocenters. The summed E-state index contributed by atoms with van der Waals surface area (Å²) in [6.07, 6.45) is 1.46. The van der Waals surface area contributed by atoms with E-state index >= 15 is 0 Å². The highest BCUT2D eigenvalue weighted by Crippen LogP contribution is 2.21. The number of carbonyl (C=O) groups excluding carboxylic acids is 1. The second kappa shape index (κ2) is 3.58. The number of pyridine rings is 1. The molecule has 0 aromatic carbocycles. The van der Waals surface area contributed by atoms with Crippen molar-refractivity contribution in [3.8, 4) is 6.07 Å². The van der Waals surface area contributed by atoms with E-state index in [0.29, 0.717) is 24.5 Å². The molecule has 5 nitrogen and oxygen atoms in total. The molecule has 15 heavy (non-hydrogen) atoms. The Morgan fingerprint density at radius 3 is 3.20 bits per heavy atom. The molecule has 1 aliphatic heterocycles. The van der Waals surface area contributed by atoms with E-state index in [4.69, 9.17) is 5.26 Å². The Morgan fingerprint density at radius 2 is 2.53 bits per heavy atom. The third kappa shape index (κ3) is 1.62. The van der Waals surface area contributed by atoms with Gasteiger partial charge < -0.3 is 4.90 Å². The van der Waals surface area contributed by atoms with Crippen molar-refractivity contribution in [1.29, 1.82) is 5.26 Å². The molecule has 0 saturated heterocycles. The van der Waals surface area contributed by atoms with Gasteiger partial charge in [-0.2, -0.15) is 5.26 Å². The van der Waals surface area contributed by atoms with Crippen LogP contribution in [0, 0.1) is 11.3 Å². The molecule has 0 fully saturated rings. The summed E-state index contributed by atoms with van der Waals surface area (Å²) in [4.78, 5) is 17.1. The van der Waals surface area contributed by atoms with Crippen LogP contribution in [0.4, 0.5) is 10.6 Å². The molecule has 0 radical (unpaired) electrons. The Morgan fingerprint density at radius 1 is 1.73 bits per heavy atom. The number of hydrogen-bond donors (Lipinski definition) is 1. The van der Waals surface area contributed by atoms with Gasteiger partial charge in [0.2, 0.25) is 0 Å². The van der Waals surface area contributed by atoms with Gasteiger partial charge in [-0.05, 0) is 13.0 Å². The van der Waals surface area contributed by atoms with E-state index in [2.05, 4.69) is 10.3 Å². The van der Waals surface area contributed by atoms with Gasteiger partial charge in [0.25, 0.3) is 0 Å². The van der Waals surface area contributed by atoms with Gasteiger partial charge in [-0.15, -0.1) is 0 Å². The Bertz CT molecular complexity index is 449. The number of amides is 2. The molecular formula is C10H10N4O. The minimum absolute atomic E-state index is 0.137. The smallest absolute Gasteiger partial charge is 0.320 e. The summed E-state index contributed by atoms with van der Waals surface area (Å²) in [5, 5.41) is 11.4. The number of nitrogens with one attached hydrogen (secondary N) is 1. The van der Waals surface area contributed by atoms with Crippen LogP contribution in [0.3, 0.4) is 0 Å². The number of nitrogens with zero attached hydrogens (tertiary/aromatic N) is 3. The average Bonchev–Trinajstić information content (AvgIpc) is 2.27. The maximum Gasteiger partial charge on any atom is 0.323 e. The topological polar surface area (TPSA) is 69.0 Å². The summed E-state index contributed by atoms with van der Waals surface area (Å²) in [6, 6.07) is 3.64.